The third-order valence-electron chi connectivity index (χ3n) is 3.01. The summed E-state index contributed by atoms with van der Waals surface area (Å²) in [6.07, 6.45) is -1.74. The van der Waals surface area contributed by atoms with Crippen molar-refractivity contribution < 1.29 is 26.4 Å². The Kier molecular flexibility index (Phi) is 3.66. The van der Waals surface area contributed by atoms with Gasteiger partial charge >= 0.3 is 6.18 Å². The van der Waals surface area contributed by atoms with Crippen molar-refractivity contribution in [3.63, 3.8) is 0 Å². The van der Waals surface area contributed by atoms with Gasteiger partial charge in [0.05, 0.1) is 11.3 Å². The fourth-order valence-electron chi connectivity index (χ4n) is 2.00. The predicted octanol–water partition coefficient (Wildman–Crippen LogP) is 2.15. The Labute approximate surface area is 109 Å². The van der Waals surface area contributed by atoms with Gasteiger partial charge in [-0.3, -0.25) is 4.79 Å². The number of rotatable bonds is 4. The zero-order valence-corrected chi connectivity index (χ0v) is 10.6. The maximum absolute atomic E-state index is 12.9. The van der Waals surface area contributed by atoms with Crippen LogP contribution < -0.4 is 0 Å². The average Bonchev–Trinajstić information content (AvgIpc) is 3.10. The van der Waals surface area contributed by atoms with E-state index in [4.69, 9.17) is 0 Å². The highest BCUT2D eigenvalue weighted by atomic mass is 32.2. The molecule has 1 aliphatic carbocycles. The average molecular weight is 291 g/mol. The Balaban J connectivity index is 2.59. The van der Waals surface area contributed by atoms with Crippen molar-refractivity contribution in [3.8, 4) is 0 Å². The van der Waals surface area contributed by atoms with Crippen LogP contribution in [0.2, 0.25) is 0 Å². The number of halogens is 3. The Morgan fingerprint density at radius 1 is 1.26 bits per heavy atom. The first-order chi connectivity index (χ1) is 8.82. The van der Waals surface area contributed by atoms with E-state index in [0.29, 0.717) is 12.8 Å². The molecule has 1 aliphatic rings. The number of thiol groups is 1. The third-order valence-corrected chi connectivity index (χ3v) is 3.61. The first-order valence-electron chi connectivity index (χ1n) is 5.57. The molecule has 0 atom stereocenters. The summed E-state index contributed by atoms with van der Waals surface area (Å²) in [7, 11) is -2.90. The largest absolute Gasteiger partial charge is 0.416 e. The van der Waals surface area contributed by atoms with Crippen LogP contribution in [-0.2, 0) is 27.4 Å². The van der Waals surface area contributed by atoms with E-state index >= 15 is 0 Å². The molecular formula is C12H10F3O3S. The molecule has 103 valence electrons. The lowest BCUT2D eigenvalue weighted by Crippen LogP contribution is -2.11. The van der Waals surface area contributed by atoms with E-state index in [1.165, 1.54) is 6.29 Å². The van der Waals surface area contributed by atoms with Crippen molar-refractivity contribution >= 4 is 17.0 Å². The molecule has 0 unspecified atom stereocenters. The Morgan fingerprint density at radius 2 is 1.89 bits per heavy atom. The van der Waals surface area contributed by atoms with Crippen molar-refractivity contribution in [1.29, 1.82) is 0 Å². The monoisotopic (exact) mass is 291 g/mol. The minimum absolute atomic E-state index is 0.0655. The Bertz CT molecular complexity index is 579. The van der Waals surface area contributed by atoms with Crippen LogP contribution in [0.3, 0.4) is 0 Å². The summed E-state index contributed by atoms with van der Waals surface area (Å²) in [6.45, 7) is 0. The molecule has 1 aromatic carbocycles. The van der Waals surface area contributed by atoms with E-state index in [2.05, 4.69) is 0 Å². The SMILES string of the molecule is O=[C]c1cc(C2CC2)c(C(F)(F)F)cc1C[SH](=O)=O. The van der Waals surface area contributed by atoms with Crippen LogP contribution in [0.25, 0.3) is 0 Å². The lowest BCUT2D eigenvalue weighted by atomic mass is 9.96. The predicted molar refractivity (Wildman–Crippen MR) is 62.2 cm³/mol. The summed E-state index contributed by atoms with van der Waals surface area (Å²) in [5.74, 6) is -0.785. The van der Waals surface area contributed by atoms with E-state index in [9.17, 15) is 26.4 Å². The lowest BCUT2D eigenvalue weighted by molar-refractivity contribution is -0.138. The van der Waals surface area contributed by atoms with Crippen molar-refractivity contribution in [1.82, 2.24) is 0 Å². The zero-order chi connectivity index (χ0) is 14.2. The van der Waals surface area contributed by atoms with Crippen molar-refractivity contribution in [2.75, 3.05) is 0 Å². The molecule has 0 aromatic heterocycles. The molecule has 0 aliphatic heterocycles. The molecule has 1 saturated carbocycles. The Morgan fingerprint density at radius 3 is 2.32 bits per heavy atom. The van der Waals surface area contributed by atoms with Crippen molar-refractivity contribution in [3.05, 3.63) is 34.4 Å². The topological polar surface area (TPSA) is 51.2 Å². The van der Waals surface area contributed by atoms with Gasteiger partial charge in [0.25, 0.3) is 0 Å². The molecule has 2 rings (SSSR count). The fourth-order valence-corrected chi connectivity index (χ4v) is 2.54. The van der Waals surface area contributed by atoms with Crippen LogP contribution in [0.5, 0.6) is 0 Å². The van der Waals surface area contributed by atoms with E-state index < -0.39 is 28.2 Å². The van der Waals surface area contributed by atoms with E-state index in [1.807, 2.05) is 0 Å². The second kappa shape index (κ2) is 4.96. The third kappa shape index (κ3) is 3.15. The lowest BCUT2D eigenvalue weighted by Gasteiger charge is -2.15. The smallest absolute Gasteiger partial charge is 0.285 e. The van der Waals surface area contributed by atoms with Crippen LogP contribution in [0.1, 0.15) is 41.0 Å². The summed E-state index contributed by atoms with van der Waals surface area (Å²) in [5.41, 5.74) is -1.03. The van der Waals surface area contributed by atoms with Gasteiger partial charge in [0, 0.05) is 5.56 Å². The van der Waals surface area contributed by atoms with Crippen LogP contribution in [-0.4, -0.2) is 14.7 Å². The number of benzene rings is 1. The number of hydrogen-bond donors (Lipinski definition) is 1. The van der Waals surface area contributed by atoms with Gasteiger partial charge in [-0.25, -0.2) is 8.42 Å². The molecule has 0 heterocycles. The molecule has 0 bridgehead atoms. The zero-order valence-electron chi connectivity index (χ0n) is 9.66. The molecule has 1 aromatic rings. The molecule has 7 heteroatoms. The molecule has 0 N–H and O–H groups in total. The molecule has 1 fully saturated rings. The van der Waals surface area contributed by atoms with Crippen LogP contribution in [0, 0.1) is 0 Å². The fraction of sp³-hybridized carbons (Fsp3) is 0.417. The molecule has 1 radical (unpaired) electrons. The van der Waals surface area contributed by atoms with Crippen molar-refractivity contribution in [2.24, 2.45) is 0 Å². The highest BCUT2D eigenvalue weighted by Crippen LogP contribution is 2.46. The van der Waals surface area contributed by atoms with Gasteiger partial charge in [0.1, 0.15) is 10.7 Å². The molecule has 0 spiro atoms. The standard InChI is InChI=1S/C12H10F3O3S/c13-12(14,15)11-4-9(6-19(17)18)8(5-16)3-10(11)7-1-2-7/h3-4,7,19H,1-2,6H2. The maximum atomic E-state index is 12.9. The first-order valence-corrected chi connectivity index (χ1v) is 6.93. The number of carbonyl (C=O) groups excluding carboxylic acids is 1. The molecule has 3 nitrogen and oxygen atoms in total. The van der Waals surface area contributed by atoms with Gasteiger partial charge in [0.2, 0.25) is 6.29 Å². The van der Waals surface area contributed by atoms with E-state index in [1.54, 1.807) is 0 Å². The maximum Gasteiger partial charge on any atom is 0.416 e. The minimum Gasteiger partial charge on any atom is -0.285 e. The minimum atomic E-state index is -4.55. The summed E-state index contributed by atoms with van der Waals surface area (Å²) < 4.78 is 60.1. The second-order valence-corrected chi connectivity index (χ2v) is 5.44. The summed E-state index contributed by atoms with van der Waals surface area (Å²) in [5, 5.41) is 0. The van der Waals surface area contributed by atoms with Gasteiger partial charge < -0.3 is 0 Å². The van der Waals surface area contributed by atoms with Gasteiger partial charge in [0.15, 0.2) is 0 Å². The normalized spacial score (nSPS) is 15.8. The van der Waals surface area contributed by atoms with E-state index in [-0.39, 0.29) is 22.6 Å². The van der Waals surface area contributed by atoms with E-state index in [0.717, 1.165) is 12.1 Å². The van der Waals surface area contributed by atoms with Gasteiger partial charge in [-0.1, -0.05) is 0 Å². The highest BCUT2D eigenvalue weighted by molar-refractivity contribution is 7.71. The highest BCUT2D eigenvalue weighted by Gasteiger charge is 2.38. The van der Waals surface area contributed by atoms with Crippen molar-refractivity contribution in [2.45, 2.75) is 30.7 Å². The second-order valence-electron chi connectivity index (χ2n) is 4.46. The molecule has 0 saturated heterocycles. The van der Waals surface area contributed by atoms with Crippen LogP contribution in [0.15, 0.2) is 12.1 Å². The quantitative estimate of drug-likeness (QED) is 0.865. The number of hydrogen-bond acceptors (Lipinski definition) is 3. The molecule has 0 amide bonds. The molecular weight excluding hydrogens is 281 g/mol. The van der Waals surface area contributed by atoms with Gasteiger partial charge in [-0.2, -0.15) is 13.2 Å². The summed E-state index contributed by atoms with van der Waals surface area (Å²) in [4.78, 5) is 10.8. The van der Waals surface area contributed by atoms with Gasteiger partial charge in [-0.15, -0.1) is 0 Å². The summed E-state index contributed by atoms with van der Waals surface area (Å²) in [6, 6.07) is 1.89. The van der Waals surface area contributed by atoms with Crippen LogP contribution in [0.4, 0.5) is 13.2 Å². The molecule has 19 heavy (non-hydrogen) atoms. The summed E-state index contributed by atoms with van der Waals surface area (Å²) >= 11 is 0. The van der Waals surface area contributed by atoms with Gasteiger partial charge in [-0.05, 0) is 42.0 Å². The Hall–Kier alpha value is -1.37. The van der Waals surface area contributed by atoms with Crippen LogP contribution >= 0.6 is 0 Å². The number of alkyl halides is 3. The first kappa shape index (κ1) is 14.0.